The molecule has 0 saturated carbocycles. The van der Waals surface area contributed by atoms with Gasteiger partial charge in [0, 0.05) is 31.1 Å². The number of benzene rings is 1. The van der Waals surface area contributed by atoms with E-state index in [0.717, 1.165) is 25.6 Å². The lowest BCUT2D eigenvalue weighted by molar-refractivity contribution is 0.260. The van der Waals surface area contributed by atoms with Gasteiger partial charge in [0.15, 0.2) is 0 Å². The second-order valence-electron chi connectivity index (χ2n) is 5.22. The Bertz CT molecular complexity index is 758. The second-order valence-corrected chi connectivity index (χ2v) is 7.96. The van der Waals surface area contributed by atoms with Gasteiger partial charge in [-0.25, -0.2) is 17.5 Å². The number of rotatable bonds is 5. The van der Waals surface area contributed by atoms with E-state index in [-0.39, 0.29) is 11.4 Å². The summed E-state index contributed by atoms with van der Waals surface area (Å²) in [4.78, 5) is 3.33. The first kappa shape index (κ1) is 15.6. The van der Waals surface area contributed by atoms with Crippen molar-refractivity contribution in [3.8, 4) is 0 Å². The average molecular weight is 340 g/mol. The van der Waals surface area contributed by atoms with Crippen LogP contribution in [0.15, 0.2) is 40.6 Å². The molecule has 1 aliphatic rings. The lowest BCUT2D eigenvalue weighted by Gasteiger charge is -2.26. The van der Waals surface area contributed by atoms with E-state index < -0.39 is 15.8 Å². The number of fused-ring (bicyclic) bond motifs is 1. The maximum Gasteiger partial charge on any atom is 0.243 e. The van der Waals surface area contributed by atoms with Crippen LogP contribution in [0.5, 0.6) is 0 Å². The maximum atomic E-state index is 13.6. The Morgan fingerprint density at radius 1 is 1.27 bits per heavy atom. The number of sulfonamides is 1. The summed E-state index contributed by atoms with van der Waals surface area (Å²) in [6.07, 6.45) is 1.01. The normalized spacial score (nSPS) is 15.7. The molecule has 0 amide bonds. The molecule has 0 aliphatic carbocycles. The van der Waals surface area contributed by atoms with Crippen LogP contribution in [0.2, 0.25) is 0 Å². The zero-order valence-electron chi connectivity index (χ0n) is 12.0. The molecule has 2 heterocycles. The molecule has 22 heavy (non-hydrogen) atoms. The lowest BCUT2D eigenvalue weighted by Crippen LogP contribution is -2.37. The molecule has 0 unspecified atom stereocenters. The molecule has 4 nitrogen and oxygen atoms in total. The molecular formula is C15H17FN2O2S2. The summed E-state index contributed by atoms with van der Waals surface area (Å²) in [7, 11) is -3.79. The molecule has 2 aromatic rings. The van der Waals surface area contributed by atoms with E-state index in [1.54, 1.807) is 11.3 Å². The molecule has 1 N–H and O–H groups in total. The van der Waals surface area contributed by atoms with Gasteiger partial charge in [0.25, 0.3) is 0 Å². The predicted octanol–water partition coefficient (Wildman–Crippen LogP) is 2.22. The highest BCUT2D eigenvalue weighted by Gasteiger charge is 2.20. The van der Waals surface area contributed by atoms with Crippen molar-refractivity contribution < 1.29 is 12.8 Å². The van der Waals surface area contributed by atoms with Gasteiger partial charge in [-0.15, -0.1) is 11.3 Å². The maximum absolute atomic E-state index is 13.6. The van der Waals surface area contributed by atoms with Gasteiger partial charge in [-0.2, -0.15) is 0 Å². The zero-order valence-corrected chi connectivity index (χ0v) is 13.6. The van der Waals surface area contributed by atoms with Gasteiger partial charge in [0.05, 0.1) is 0 Å². The molecular weight excluding hydrogens is 323 g/mol. The molecule has 118 valence electrons. The topological polar surface area (TPSA) is 49.4 Å². The minimum absolute atomic E-state index is 0.274. The fourth-order valence-electron chi connectivity index (χ4n) is 2.58. The van der Waals surface area contributed by atoms with E-state index in [9.17, 15) is 12.8 Å². The minimum Gasteiger partial charge on any atom is -0.297 e. The number of nitrogens with zero attached hydrogens (tertiary/aromatic N) is 1. The smallest absolute Gasteiger partial charge is 0.243 e. The fourth-order valence-corrected chi connectivity index (χ4v) is 4.56. The van der Waals surface area contributed by atoms with Crippen molar-refractivity contribution in [2.24, 2.45) is 0 Å². The first-order valence-corrected chi connectivity index (χ1v) is 9.44. The van der Waals surface area contributed by atoms with Crippen molar-refractivity contribution in [1.29, 1.82) is 0 Å². The van der Waals surface area contributed by atoms with Crippen LogP contribution in [-0.2, 0) is 23.0 Å². The molecule has 0 atom stereocenters. The molecule has 1 aliphatic heterocycles. The molecule has 0 saturated heterocycles. The summed E-state index contributed by atoms with van der Waals surface area (Å²) in [5.74, 6) is -0.726. The Kier molecular flexibility index (Phi) is 4.58. The van der Waals surface area contributed by atoms with Crippen LogP contribution in [0.4, 0.5) is 4.39 Å². The second kappa shape index (κ2) is 6.45. The predicted molar refractivity (Wildman–Crippen MR) is 84.9 cm³/mol. The first-order chi connectivity index (χ1) is 10.6. The van der Waals surface area contributed by atoms with E-state index in [1.165, 1.54) is 28.6 Å². The molecule has 0 fully saturated rings. The fraction of sp³-hybridized carbons (Fsp3) is 0.333. The third-order valence-electron chi connectivity index (χ3n) is 3.73. The number of halogens is 1. The van der Waals surface area contributed by atoms with Gasteiger partial charge < -0.3 is 0 Å². The molecule has 0 radical (unpaired) electrons. The monoisotopic (exact) mass is 340 g/mol. The van der Waals surface area contributed by atoms with Gasteiger partial charge in [-0.05, 0) is 35.6 Å². The van der Waals surface area contributed by atoms with Crippen molar-refractivity contribution in [3.05, 3.63) is 52.0 Å². The standard InChI is InChI=1S/C15H17FN2O2S2/c16-13-3-1-2-4-15(13)22(19,20)17-7-9-18-8-5-14-12(11-18)6-10-21-14/h1-4,6,10,17H,5,7-9,11H2. The van der Waals surface area contributed by atoms with Crippen LogP contribution < -0.4 is 4.72 Å². The highest BCUT2D eigenvalue weighted by atomic mass is 32.2. The van der Waals surface area contributed by atoms with E-state index in [1.807, 2.05) is 0 Å². The van der Waals surface area contributed by atoms with E-state index in [0.29, 0.717) is 6.54 Å². The molecule has 3 rings (SSSR count). The third-order valence-corrected chi connectivity index (χ3v) is 6.25. The highest BCUT2D eigenvalue weighted by Crippen LogP contribution is 2.23. The number of nitrogens with one attached hydrogen (secondary N) is 1. The lowest BCUT2D eigenvalue weighted by atomic mass is 10.1. The van der Waals surface area contributed by atoms with Crippen LogP contribution in [0, 0.1) is 5.82 Å². The van der Waals surface area contributed by atoms with Crippen molar-refractivity contribution in [1.82, 2.24) is 9.62 Å². The van der Waals surface area contributed by atoms with Crippen LogP contribution >= 0.6 is 11.3 Å². The van der Waals surface area contributed by atoms with E-state index in [2.05, 4.69) is 21.1 Å². The molecule has 1 aromatic heterocycles. The van der Waals surface area contributed by atoms with Gasteiger partial charge in [-0.3, -0.25) is 4.90 Å². The van der Waals surface area contributed by atoms with Crippen molar-refractivity contribution in [3.63, 3.8) is 0 Å². The largest absolute Gasteiger partial charge is 0.297 e. The summed E-state index contributed by atoms with van der Waals surface area (Å²) in [6.45, 7) is 2.66. The quantitative estimate of drug-likeness (QED) is 0.908. The number of thiophene rings is 1. The van der Waals surface area contributed by atoms with Gasteiger partial charge >= 0.3 is 0 Å². The summed E-state index contributed by atoms with van der Waals surface area (Å²) in [6, 6.07) is 7.53. The van der Waals surface area contributed by atoms with Crippen LogP contribution in [-0.4, -0.2) is 33.0 Å². The van der Waals surface area contributed by atoms with Crippen molar-refractivity contribution in [2.75, 3.05) is 19.6 Å². The van der Waals surface area contributed by atoms with Gasteiger partial charge in [-0.1, -0.05) is 12.1 Å². The Morgan fingerprint density at radius 3 is 2.91 bits per heavy atom. The van der Waals surface area contributed by atoms with Crippen LogP contribution in [0.1, 0.15) is 10.4 Å². The number of hydrogen-bond donors (Lipinski definition) is 1. The molecule has 0 bridgehead atoms. The Labute approximate surface area is 133 Å². The zero-order chi connectivity index (χ0) is 15.6. The SMILES string of the molecule is O=S(=O)(NCCN1CCc2sccc2C1)c1ccccc1F. The minimum atomic E-state index is -3.79. The van der Waals surface area contributed by atoms with Crippen LogP contribution in [0.3, 0.4) is 0 Å². The molecule has 7 heteroatoms. The van der Waals surface area contributed by atoms with E-state index >= 15 is 0 Å². The number of hydrogen-bond acceptors (Lipinski definition) is 4. The average Bonchev–Trinajstić information content (AvgIpc) is 2.95. The Balaban J connectivity index is 1.56. The van der Waals surface area contributed by atoms with Gasteiger partial charge in [0.2, 0.25) is 10.0 Å². The summed E-state index contributed by atoms with van der Waals surface area (Å²) in [5.41, 5.74) is 1.33. The Morgan fingerprint density at radius 2 is 2.09 bits per heavy atom. The summed E-state index contributed by atoms with van der Waals surface area (Å²) < 4.78 is 40.2. The molecule has 0 spiro atoms. The molecule has 1 aromatic carbocycles. The third kappa shape index (κ3) is 3.38. The van der Waals surface area contributed by atoms with E-state index in [4.69, 9.17) is 0 Å². The van der Waals surface area contributed by atoms with Crippen molar-refractivity contribution in [2.45, 2.75) is 17.9 Å². The summed E-state index contributed by atoms with van der Waals surface area (Å²) >= 11 is 1.77. The first-order valence-electron chi connectivity index (χ1n) is 7.08. The highest BCUT2D eigenvalue weighted by molar-refractivity contribution is 7.89. The summed E-state index contributed by atoms with van der Waals surface area (Å²) in [5, 5.41) is 2.09. The van der Waals surface area contributed by atoms with Crippen molar-refractivity contribution >= 4 is 21.4 Å². The van der Waals surface area contributed by atoms with Gasteiger partial charge in [0.1, 0.15) is 10.7 Å². The van der Waals surface area contributed by atoms with Crippen LogP contribution in [0.25, 0.3) is 0 Å². The Hall–Kier alpha value is -1.28.